The van der Waals surface area contributed by atoms with Gasteiger partial charge in [0.05, 0.1) is 11.7 Å². The molecule has 4 N–H and O–H groups in total. The standard InChI is InChI=1S/C18H36BN3O6S/c1-12(2)13(3)17(5)14(4)27-19(28-17)9-7-8-15-10-22(29(25,26)21-6)11-18(15,20)16(23)24/h12-15,21H,7-11,20H2,1-6H3,(H,23,24)/t13-,14+,15+,17-,18+/m1/s1. The van der Waals surface area contributed by atoms with Crippen molar-refractivity contribution in [2.45, 2.75) is 71.0 Å². The first-order valence-electron chi connectivity index (χ1n) is 10.3. The van der Waals surface area contributed by atoms with Crippen LogP contribution in [0.1, 0.15) is 47.5 Å². The summed E-state index contributed by atoms with van der Waals surface area (Å²) in [6, 6.07) is 0. The van der Waals surface area contributed by atoms with Gasteiger partial charge in [0.1, 0.15) is 5.54 Å². The molecule has 0 aromatic carbocycles. The molecule has 0 spiro atoms. The number of carboxylic acids is 1. The largest absolute Gasteiger partial charge is 0.480 e. The van der Waals surface area contributed by atoms with Crippen LogP contribution in [0.25, 0.3) is 0 Å². The van der Waals surface area contributed by atoms with Crippen LogP contribution in [0.5, 0.6) is 0 Å². The Morgan fingerprint density at radius 1 is 1.41 bits per heavy atom. The molecule has 2 aliphatic rings. The van der Waals surface area contributed by atoms with E-state index < -0.39 is 27.6 Å². The van der Waals surface area contributed by atoms with Crippen LogP contribution >= 0.6 is 0 Å². The second-order valence-corrected chi connectivity index (χ2v) is 10.9. The van der Waals surface area contributed by atoms with Gasteiger partial charge < -0.3 is 20.1 Å². The average Bonchev–Trinajstić information content (AvgIpc) is 3.13. The van der Waals surface area contributed by atoms with Gasteiger partial charge in [-0.3, -0.25) is 4.79 Å². The molecule has 168 valence electrons. The molecular weight excluding hydrogens is 397 g/mol. The van der Waals surface area contributed by atoms with Crippen molar-refractivity contribution in [3.8, 4) is 0 Å². The van der Waals surface area contributed by atoms with E-state index in [4.69, 9.17) is 15.0 Å². The maximum Gasteiger partial charge on any atom is 0.457 e. The van der Waals surface area contributed by atoms with Gasteiger partial charge in [0.25, 0.3) is 10.2 Å². The second kappa shape index (κ2) is 8.80. The van der Waals surface area contributed by atoms with Crippen LogP contribution in [-0.2, 0) is 24.3 Å². The number of carbonyl (C=O) groups is 1. The minimum atomic E-state index is -3.73. The number of nitrogens with two attached hydrogens (primary N) is 1. The molecule has 0 aliphatic carbocycles. The maximum atomic E-state index is 12.1. The zero-order chi connectivity index (χ0) is 22.2. The highest BCUT2D eigenvalue weighted by Gasteiger charge is 2.53. The summed E-state index contributed by atoms with van der Waals surface area (Å²) in [6.07, 6.45) is 1.68. The summed E-state index contributed by atoms with van der Waals surface area (Å²) in [7, 11) is -2.78. The van der Waals surface area contributed by atoms with E-state index >= 15 is 0 Å². The molecule has 29 heavy (non-hydrogen) atoms. The average molecular weight is 433 g/mol. The van der Waals surface area contributed by atoms with Crippen molar-refractivity contribution in [1.29, 1.82) is 0 Å². The molecule has 0 amide bonds. The molecule has 2 rings (SSSR count). The first kappa shape index (κ1) is 24.6. The Morgan fingerprint density at radius 3 is 2.55 bits per heavy atom. The number of nitrogens with zero attached hydrogens (tertiary/aromatic N) is 1. The Hall–Kier alpha value is -0.715. The van der Waals surface area contributed by atoms with Gasteiger partial charge in [0.2, 0.25) is 0 Å². The fourth-order valence-electron chi connectivity index (χ4n) is 4.36. The molecule has 5 atom stereocenters. The summed E-state index contributed by atoms with van der Waals surface area (Å²) in [5, 5.41) is 9.61. The summed E-state index contributed by atoms with van der Waals surface area (Å²) in [6.45, 7) is 10.4. The first-order valence-corrected chi connectivity index (χ1v) is 11.8. The van der Waals surface area contributed by atoms with Crippen molar-refractivity contribution < 1.29 is 27.6 Å². The van der Waals surface area contributed by atoms with Crippen molar-refractivity contribution >= 4 is 23.3 Å². The number of rotatable bonds is 9. The second-order valence-electron chi connectivity index (χ2n) is 9.02. The first-order chi connectivity index (χ1) is 13.3. The van der Waals surface area contributed by atoms with Crippen molar-refractivity contribution in [3.05, 3.63) is 0 Å². The topological polar surface area (TPSA) is 131 Å². The van der Waals surface area contributed by atoms with Crippen molar-refractivity contribution in [3.63, 3.8) is 0 Å². The zero-order valence-electron chi connectivity index (χ0n) is 18.3. The van der Waals surface area contributed by atoms with Crippen LogP contribution in [0.3, 0.4) is 0 Å². The van der Waals surface area contributed by atoms with Crippen LogP contribution < -0.4 is 10.5 Å². The third-order valence-electron chi connectivity index (χ3n) is 7.03. The molecule has 0 bridgehead atoms. The predicted octanol–water partition coefficient (Wildman–Crippen LogP) is 0.919. The lowest BCUT2D eigenvalue weighted by Crippen LogP contribution is -2.55. The Balaban J connectivity index is 1.98. The van der Waals surface area contributed by atoms with E-state index in [2.05, 4.69) is 32.4 Å². The van der Waals surface area contributed by atoms with E-state index in [0.29, 0.717) is 31.0 Å². The van der Waals surface area contributed by atoms with Gasteiger partial charge >= 0.3 is 13.1 Å². The molecule has 0 radical (unpaired) electrons. The lowest BCUT2D eigenvalue weighted by Gasteiger charge is -2.36. The smallest absolute Gasteiger partial charge is 0.457 e. The highest BCUT2D eigenvalue weighted by molar-refractivity contribution is 7.87. The van der Waals surface area contributed by atoms with E-state index in [0.717, 1.165) is 4.31 Å². The van der Waals surface area contributed by atoms with Gasteiger partial charge in [-0.25, -0.2) is 4.72 Å². The van der Waals surface area contributed by atoms with Gasteiger partial charge in [-0.05, 0) is 38.4 Å². The van der Waals surface area contributed by atoms with Crippen molar-refractivity contribution in [2.75, 3.05) is 20.1 Å². The Kier molecular flexibility index (Phi) is 7.45. The van der Waals surface area contributed by atoms with Gasteiger partial charge in [-0.1, -0.05) is 27.2 Å². The minimum Gasteiger partial charge on any atom is -0.480 e. The summed E-state index contributed by atoms with van der Waals surface area (Å²) >= 11 is 0. The van der Waals surface area contributed by atoms with E-state index in [-0.39, 0.29) is 31.9 Å². The Morgan fingerprint density at radius 2 is 2.03 bits per heavy atom. The van der Waals surface area contributed by atoms with Crippen molar-refractivity contribution in [1.82, 2.24) is 9.03 Å². The predicted molar refractivity (Wildman–Crippen MR) is 111 cm³/mol. The van der Waals surface area contributed by atoms with Crippen LogP contribution in [0.2, 0.25) is 6.32 Å². The monoisotopic (exact) mass is 433 g/mol. The SMILES string of the molecule is CNS(=O)(=O)N1C[C@H](CCCB2O[C@@H](C)[C@@](C)([C@H](C)C(C)C)O2)[C@](N)(C(=O)O)C1. The number of nitrogens with one attached hydrogen (secondary N) is 1. The lowest BCUT2D eigenvalue weighted by atomic mass is 9.77. The number of hydrogen-bond donors (Lipinski definition) is 3. The summed E-state index contributed by atoms with van der Waals surface area (Å²) in [4.78, 5) is 11.8. The molecule has 0 saturated carbocycles. The molecule has 2 heterocycles. The van der Waals surface area contributed by atoms with Gasteiger partial charge in [-0.15, -0.1) is 0 Å². The Bertz CT molecular complexity index is 708. The molecule has 11 heteroatoms. The van der Waals surface area contributed by atoms with Gasteiger partial charge in [-0.2, -0.15) is 12.7 Å². The highest BCUT2D eigenvalue weighted by Crippen LogP contribution is 2.39. The zero-order valence-corrected chi connectivity index (χ0v) is 19.2. The summed E-state index contributed by atoms with van der Waals surface area (Å²) in [5.74, 6) is -0.891. The van der Waals surface area contributed by atoms with Gasteiger partial charge in [0.15, 0.2) is 0 Å². The lowest BCUT2D eigenvalue weighted by molar-refractivity contribution is -0.144. The normalized spacial score (nSPS) is 34.8. The van der Waals surface area contributed by atoms with E-state index in [1.54, 1.807) is 0 Å². The Labute approximate surface area is 175 Å². The highest BCUT2D eigenvalue weighted by atomic mass is 32.2. The van der Waals surface area contributed by atoms with Crippen LogP contribution in [0, 0.1) is 17.8 Å². The van der Waals surface area contributed by atoms with Crippen LogP contribution in [0.15, 0.2) is 0 Å². The molecule has 0 aromatic heterocycles. The van der Waals surface area contributed by atoms with E-state index in [1.165, 1.54) is 7.05 Å². The fraction of sp³-hybridized carbons (Fsp3) is 0.944. The summed E-state index contributed by atoms with van der Waals surface area (Å²) < 4.78 is 39.8. The minimum absolute atomic E-state index is 0.0414. The number of hydrogen-bond acceptors (Lipinski definition) is 6. The molecule has 2 fully saturated rings. The molecular formula is C18H36BN3O6S. The molecule has 9 nitrogen and oxygen atoms in total. The molecule has 0 aromatic rings. The molecule has 2 saturated heterocycles. The third kappa shape index (κ3) is 4.80. The fourth-order valence-corrected chi connectivity index (χ4v) is 5.38. The van der Waals surface area contributed by atoms with E-state index in [1.807, 2.05) is 6.92 Å². The molecule has 0 unspecified atom stereocenters. The number of carboxylic acid groups (broad SMARTS) is 1. The van der Waals surface area contributed by atoms with Crippen LogP contribution in [-0.4, -0.2) is 68.3 Å². The van der Waals surface area contributed by atoms with Crippen LogP contribution in [0.4, 0.5) is 0 Å². The third-order valence-corrected chi connectivity index (χ3v) is 8.51. The van der Waals surface area contributed by atoms with E-state index in [9.17, 15) is 18.3 Å². The number of aliphatic carboxylic acids is 1. The maximum absolute atomic E-state index is 12.1. The van der Waals surface area contributed by atoms with Crippen molar-refractivity contribution in [2.24, 2.45) is 23.5 Å². The molecule has 2 aliphatic heterocycles. The summed E-state index contributed by atoms with van der Waals surface area (Å²) in [5.41, 5.74) is 4.15. The quantitative estimate of drug-likeness (QED) is 0.461. The van der Waals surface area contributed by atoms with Gasteiger partial charge in [0, 0.05) is 26.1 Å².